The quantitative estimate of drug-likeness (QED) is 0.714. The van der Waals surface area contributed by atoms with Gasteiger partial charge in [0.1, 0.15) is 12.3 Å². The Morgan fingerprint density at radius 2 is 1.74 bits per heavy atom. The Hall–Kier alpha value is -2.54. The Morgan fingerprint density at radius 3 is 2.37 bits per heavy atom. The fourth-order valence-corrected chi connectivity index (χ4v) is 3.96. The van der Waals surface area contributed by atoms with Crippen molar-refractivity contribution in [2.24, 2.45) is 0 Å². The molecular formula is C20H26N2O4S. The molecule has 1 N–H and O–H groups in total. The first kappa shape index (κ1) is 20.8. The van der Waals surface area contributed by atoms with Crippen LogP contribution in [0.25, 0.3) is 0 Å². The second-order valence-electron chi connectivity index (χ2n) is 6.08. The van der Waals surface area contributed by atoms with Crippen molar-refractivity contribution in [3.8, 4) is 5.75 Å². The number of nitrogens with zero attached hydrogens (tertiary/aromatic N) is 1. The Kier molecular flexibility index (Phi) is 7.24. The van der Waals surface area contributed by atoms with Crippen LogP contribution in [0.5, 0.6) is 5.75 Å². The van der Waals surface area contributed by atoms with Crippen molar-refractivity contribution >= 4 is 21.6 Å². The second kappa shape index (κ2) is 9.41. The minimum absolute atomic E-state index is 0.127. The summed E-state index contributed by atoms with van der Waals surface area (Å²) in [6.45, 7) is 6.20. The van der Waals surface area contributed by atoms with E-state index in [1.807, 2.05) is 20.8 Å². The van der Waals surface area contributed by atoms with Gasteiger partial charge >= 0.3 is 0 Å². The summed E-state index contributed by atoms with van der Waals surface area (Å²) in [5.41, 5.74) is 1.29. The van der Waals surface area contributed by atoms with Gasteiger partial charge in [0, 0.05) is 6.54 Å². The number of carbonyl (C=O) groups is 1. The van der Waals surface area contributed by atoms with Crippen molar-refractivity contribution in [2.45, 2.75) is 32.1 Å². The van der Waals surface area contributed by atoms with Crippen LogP contribution >= 0.6 is 0 Å². The molecule has 0 aliphatic rings. The van der Waals surface area contributed by atoms with Crippen LogP contribution in [0.4, 0.5) is 5.69 Å². The van der Waals surface area contributed by atoms with E-state index < -0.39 is 10.0 Å². The van der Waals surface area contributed by atoms with E-state index in [1.54, 1.807) is 48.5 Å². The fraction of sp³-hybridized carbons (Fsp3) is 0.350. The highest BCUT2D eigenvalue weighted by molar-refractivity contribution is 7.92. The van der Waals surface area contributed by atoms with Crippen LogP contribution in [0.2, 0.25) is 0 Å². The van der Waals surface area contributed by atoms with Gasteiger partial charge in [0.25, 0.3) is 10.0 Å². The van der Waals surface area contributed by atoms with Gasteiger partial charge in [-0.2, -0.15) is 0 Å². The number of nitrogens with one attached hydrogen (secondary N) is 1. The van der Waals surface area contributed by atoms with Gasteiger partial charge < -0.3 is 10.1 Å². The maximum absolute atomic E-state index is 13.3. The molecule has 2 aromatic rings. The third-order valence-electron chi connectivity index (χ3n) is 3.90. The molecule has 0 saturated carbocycles. The zero-order chi connectivity index (χ0) is 19.9. The average Bonchev–Trinajstić information content (AvgIpc) is 2.65. The molecule has 0 fully saturated rings. The number of amides is 1. The van der Waals surface area contributed by atoms with E-state index in [9.17, 15) is 13.2 Å². The molecule has 0 saturated heterocycles. The lowest BCUT2D eigenvalue weighted by atomic mass is 10.2. The Bertz CT molecular complexity index is 864. The van der Waals surface area contributed by atoms with Crippen LogP contribution in [0.1, 0.15) is 25.8 Å². The number of ether oxygens (including phenoxy) is 1. The molecule has 0 bridgehead atoms. The Balaban J connectivity index is 2.49. The van der Waals surface area contributed by atoms with Crippen molar-refractivity contribution in [2.75, 3.05) is 24.0 Å². The van der Waals surface area contributed by atoms with E-state index in [1.165, 1.54) is 0 Å². The highest BCUT2D eigenvalue weighted by Gasteiger charge is 2.29. The van der Waals surface area contributed by atoms with E-state index in [0.29, 0.717) is 24.6 Å². The summed E-state index contributed by atoms with van der Waals surface area (Å²) < 4.78 is 33.3. The van der Waals surface area contributed by atoms with Gasteiger partial charge in [0.2, 0.25) is 5.91 Å². The van der Waals surface area contributed by atoms with Crippen LogP contribution in [0.3, 0.4) is 0 Å². The number of carbonyl (C=O) groups excluding carboxylic acids is 1. The summed E-state index contributed by atoms with van der Waals surface area (Å²) in [6, 6.07) is 13.4. The molecule has 0 atom stereocenters. The third kappa shape index (κ3) is 5.23. The zero-order valence-corrected chi connectivity index (χ0v) is 16.8. The number of anilines is 1. The van der Waals surface area contributed by atoms with Gasteiger partial charge in [-0.3, -0.25) is 9.10 Å². The average molecular weight is 391 g/mol. The maximum atomic E-state index is 13.3. The highest BCUT2D eigenvalue weighted by Crippen LogP contribution is 2.32. The van der Waals surface area contributed by atoms with Crippen LogP contribution in [-0.2, 0) is 14.8 Å². The number of para-hydroxylation sites is 2. The van der Waals surface area contributed by atoms with E-state index >= 15 is 0 Å². The van der Waals surface area contributed by atoms with Gasteiger partial charge in [-0.1, -0.05) is 36.8 Å². The lowest BCUT2D eigenvalue weighted by Crippen LogP contribution is -2.41. The minimum Gasteiger partial charge on any atom is -0.492 e. The first-order valence-electron chi connectivity index (χ1n) is 8.98. The minimum atomic E-state index is -3.94. The molecule has 0 aliphatic heterocycles. The molecule has 0 unspecified atom stereocenters. The van der Waals surface area contributed by atoms with Gasteiger partial charge in [-0.05, 0) is 44.5 Å². The zero-order valence-electron chi connectivity index (χ0n) is 15.9. The normalized spacial score (nSPS) is 11.1. The molecule has 146 valence electrons. The predicted octanol–water partition coefficient (Wildman–Crippen LogP) is 3.12. The summed E-state index contributed by atoms with van der Waals surface area (Å²) in [4.78, 5) is 12.5. The van der Waals surface area contributed by atoms with Crippen LogP contribution in [0.15, 0.2) is 53.4 Å². The van der Waals surface area contributed by atoms with Gasteiger partial charge in [-0.25, -0.2) is 8.42 Å². The molecule has 6 nitrogen and oxygen atoms in total. The lowest BCUT2D eigenvalue weighted by Gasteiger charge is -2.26. The number of hydrogen-bond donors (Lipinski definition) is 1. The van der Waals surface area contributed by atoms with E-state index in [0.717, 1.165) is 16.3 Å². The highest BCUT2D eigenvalue weighted by atomic mass is 32.2. The van der Waals surface area contributed by atoms with Gasteiger partial charge in [0.05, 0.1) is 17.2 Å². The number of sulfonamides is 1. The van der Waals surface area contributed by atoms with Crippen LogP contribution in [0, 0.1) is 6.92 Å². The predicted molar refractivity (Wildman–Crippen MR) is 107 cm³/mol. The first-order valence-corrected chi connectivity index (χ1v) is 10.4. The first-order chi connectivity index (χ1) is 12.9. The van der Waals surface area contributed by atoms with Crippen molar-refractivity contribution in [3.05, 3.63) is 54.1 Å². The number of rotatable bonds is 9. The van der Waals surface area contributed by atoms with Crippen molar-refractivity contribution in [1.29, 1.82) is 0 Å². The molecule has 2 aromatic carbocycles. The molecule has 7 heteroatoms. The van der Waals surface area contributed by atoms with Crippen LogP contribution < -0.4 is 14.4 Å². The summed E-state index contributed by atoms with van der Waals surface area (Å²) in [6.07, 6.45) is 0.770. The van der Waals surface area contributed by atoms with Gasteiger partial charge in [0.15, 0.2) is 0 Å². The SMILES string of the molecule is CCCNC(=O)CN(c1ccccc1OCC)S(=O)(=O)c1ccc(C)cc1. The molecule has 0 aliphatic carbocycles. The van der Waals surface area contributed by atoms with E-state index in [4.69, 9.17) is 4.74 Å². The van der Waals surface area contributed by atoms with Gasteiger partial charge in [-0.15, -0.1) is 0 Å². The molecule has 0 spiro atoms. The molecule has 0 radical (unpaired) electrons. The van der Waals surface area contributed by atoms with Crippen LogP contribution in [-0.4, -0.2) is 34.0 Å². The van der Waals surface area contributed by atoms with E-state index in [-0.39, 0.29) is 17.3 Å². The van der Waals surface area contributed by atoms with Crippen molar-refractivity contribution in [3.63, 3.8) is 0 Å². The molecule has 2 rings (SSSR count). The summed E-state index contributed by atoms with van der Waals surface area (Å²) in [5.74, 6) is 0.0535. The Labute approximate surface area is 161 Å². The number of hydrogen-bond acceptors (Lipinski definition) is 4. The van der Waals surface area contributed by atoms with Crippen molar-refractivity contribution in [1.82, 2.24) is 5.32 Å². The lowest BCUT2D eigenvalue weighted by molar-refractivity contribution is -0.119. The van der Waals surface area contributed by atoms with Crippen molar-refractivity contribution < 1.29 is 17.9 Å². The standard InChI is InChI=1S/C20H26N2O4S/c1-4-14-21-20(23)15-22(18-8-6-7-9-19(18)26-5-2)27(24,25)17-12-10-16(3)11-13-17/h6-13H,4-5,14-15H2,1-3H3,(H,21,23). The third-order valence-corrected chi connectivity index (χ3v) is 5.68. The Morgan fingerprint density at radius 1 is 1.07 bits per heavy atom. The molecule has 1 amide bonds. The maximum Gasteiger partial charge on any atom is 0.264 e. The topological polar surface area (TPSA) is 75.7 Å². The molecule has 0 aromatic heterocycles. The summed E-state index contributed by atoms with van der Waals surface area (Å²) in [5, 5.41) is 2.73. The number of benzene rings is 2. The van der Waals surface area contributed by atoms with E-state index in [2.05, 4.69) is 5.32 Å². The fourth-order valence-electron chi connectivity index (χ4n) is 2.53. The largest absolute Gasteiger partial charge is 0.492 e. The molecular weight excluding hydrogens is 364 g/mol. The number of aryl methyl sites for hydroxylation is 1. The smallest absolute Gasteiger partial charge is 0.264 e. The molecule has 27 heavy (non-hydrogen) atoms. The monoisotopic (exact) mass is 390 g/mol. The summed E-state index contributed by atoms with van der Waals surface area (Å²) >= 11 is 0. The summed E-state index contributed by atoms with van der Waals surface area (Å²) in [7, 11) is -3.94. The second-order valence-corrected chi connectivity index (χ2v) is 7.94. The molecule has 0 heterocycles.